The van der Waals surface area contributed by atoms with Crippen LogP contribution in [0.3, 0.4) is 0 Å². The number of aromatic nitrogens is 2. The van der Waals surface area contributed by atoms with E-state index in [0.29, 0.717) is 5.41 Å². The zero-order valence-electron chi connectivity index (χ0n) is 8.48. The molecular weight excluding hydrogens is 263 g/mol. The number of rotatable bonds is 3. The molecule has 0 bridgehead atoms. The van der Waals surface area contributed by atoms with Gasteiger partial charge in [-0.15, -0.1) is 0 Å². The summed E-state index contributed by atoms with van der Waals surface area (Å²) in [6, 6.07) is 0. The molecule has 0 radical (unpaired) electrons. The lowest BCUT2D eigenvalue weighted by Gasteiger charge is -2.12. The van der Waals surface area contributed by atoms with Gasteiger partial charge in [-0.05, 0) is 32.1 Å². The molecular formula is C10H14BrClN2. The van der Waals surface area contributed by atoms with E-state index >= 15 is 0 Å². The lowest BCUT2D eigenvalue weighted by atomic mass is 10.1. The maximum atomic E-state index is 6.10. The molecule has 2 nitrogen and oxygen atoms in total. The predicted octanol–water partition coefficient (Wildman–Crippen LogP) is 3.33. The average molecular weight is 278 g/mol. The standard InChI is InChI=1S/C10H14BrClN2/c1-7-9(12)8(2)14(13-7)6-10(5-11)3-4-10/h3-6H2,1-2H3. The van der Waals surface area contributed by atoms with Gasteiger partial charge in [-0.2, -0.15) is 5.10 Å². The van der Waals surface area contributed by atoms with Crippen LogP contribution in [0, 0.1) is 19.3 Å². The van der Waals surface area contributed by atoms with Crippen LogP contribution in [-0.4, -0.2) is 15.1 Å². The summed E-state index contributed by atoms with van der Waals surface area (Å²) in [6.07, 6.45) is 2.60. The van der Waals surface area contributed by atoms with Gasteiger partial charge in [0, 0.05) is 11.9 Å². The fraction of sp³-hybridized carbons (Fsp3) is 0.700. The molecule has 1 saturated carbocycles. The Hall–Kier alpha value is -0.0200. The highest BCUT2D eigenvalue weighted by Crippen LogP contribution is 2.48. The van der Waals surface area contributed by atoms with Gasteiger partial charge >= 0.3 is 0 Å². The molecule has 0 amide bonds. The minimum absolute atomic E-state index is 0.451. The van der Waals surface area contributed by atoms with Gasteiger partial charge in [0.05, 0.1) is 16.4 Å². The Balaban J connectivity index is 2.21. The van der Waals surface area contributed by atoms with Crippen molar-refractivity contribution in [2.24, 2.45) is 5.41 Å². The zero-order valence-corrected chi connectivity index (χ0v) is 10.8. The van der Waals surface area contributed by atoms with Gasteiger partial charge in [-0.3, -0.25) is 4.68 Å². The quantitative estimate of drug-likeness (QED) is 0.775. The SMILES string of the molecule is Cc1nn(CC2(CBr)CC2)c(C)c1Cl. The van der Waals surface area contributed by atoms with Crippen LogP contribution >= 0.6 is 27.5 Å². The highest BCUT2D eigenvalue weighted by molar-refractivity contribution is 9.09. The molecule has 1 aliphatic rings. The van der Waals surface area contributed by atoms with Crippen LogP contribution in [-0.2, 0) is 6.54 Å². The maximum Gasteiger partial charge on any atom is 0.0844 e. The molecule has 1 fully saturated rings. The Bertz CT molecular complexity index is 355. The summed E-state index contributed by atoms with van der Waals surface area (Å²) in [4.78, 5) is 0. The molecule has 4 heteroatoms. The molecule has 2 rings (SSSR count). The Morgan fingerprint density at radius 2 is 2.14 bits per heavy atom. The van der Waals surface area contributed by atoms with Gasteiger partial charge < -0.3 is 0 Å². The van der Waals surface area contributed by atoms with Gasteiger partial charge in [-0.1, -0.05) is 27.5 Å². The minimum atomic E-state index is 0.451. The van der Waals surface area contributed by atoms with Crippen molar-refractivity contribution in [2.75, 3.05) is 5.33 Å². The van der Waals surface area contributed by atoms with Crippen LogP contribution in [0.1, 0.15) is 24.2 Å². The van der Waals surface area contributed by atoms with Crippen molar-refractivity contribution in [3.63, 3.8) is 0 Å². The summed E-state index contributed by atoms with van der Waals surface area (Å²) < 4.78 is 2.05. The maximum absolute atomic E-state index is 6.10. The van der Waals surface area contributed by atoms with Crippen LogP contribution in [0.2, 0.25) is 5.02 Å². The first-order valence-electron chi connectivity index (χ1n) is 4.83. The van der Waals surface area contributed by atoms with E-state index < -0.39 is 0 Å². The molecule has 0 atom stereocenters. The second kappa shape index (κ2) is 3.53. The fourth-order valence-electron chi connectivity index (χ4n) is 1.66. The van der Waals surface area contributed by atoms with E-state index in [1.165, 1.54) is 12.8 Å². The van der Waals surface area contributed by atoms with Crippen LogP contribution in [0.4, 0.5) is 0 Å². The summed E-state index contributed by atoms with van der Waals surface area (Å²) in [6.45, 7) is 4.99. The average Bonchev–Trinajstić information content (AvgIpc) is 2.90. The summed E-state index contributed by atoms with van der Waals surface area (Å²) in [5, 5.41) is 6.33. The smallest absolute Gasteiger partial charge is 0.0844 e. The molecule has 0 aromatic carbocycles. The second-order valence-electron chi connectivity index (χ2n) is 4.28. The van der Waals surface area contributed by atoms with E-state index in [1.807, 2.05) is 18.5 Å². The number of nitrogens with zero attached hydrogens (tertiary/aromatic N) is 2. The van der Waals surface area contributed by atoms with Crippen molar-refractivity contribution in [3.05, 3.63) is 16.4 Å². The highest BCUT2D eigenvalue weighted by atomic mass is 79.9. The Kier molecular flexibility index (Phi) is 2.64. The number of aryl methyl sites for hydroxylation is 1. The van der Waals surface area contributed by atoms with Crippen LogP contribution in [0.15, 0.2) is 0 Å². The third-order valence-corrected chi connectivity index (χ3v) is 4.76. The van der Waals surface area contributed by atoms with Crippen LogP contribution < -0.4 is 0 Å². The Morgan fingerprint density at radius 1 is 1.50 bits per heavy atom. The van der Waals surface area contributed by atoms with E-state index in [1.54, 1.807) is 0 Å². The van der Waals surface area contributed by atoms with E-state index in [-0.39, 0.29) is 0 Å². The first-order valence-corrected chi connectivity index (χ1v) is 6.33. The third-order valence-electron chi connectivity index (χ3n) is 3.02. The topological polar surface area (TPSA) is 17.8 Å². The number of hydrogen-bond donors (Lipinski definition) is 0. The lowest BCUT2D eigenvalue weighted by Crippen LogP contribution is -2.15. The van der Waals surface area contributed by atoms with E-state index in [9.17, 15) is 0 Å². The lowest BCUT2D eigenvalue weighted by molar-refractivity contribution is 0.433. The van der Waals surface area contributed by atoms with Gasteiger partial charge in [-0.25, -0.2) is 0 Å². The van der Waals surface area contributed by atoms with Crippen LogP contribution in [0.5, 0.6) is 0 Å². The first kappa shape index (κ1) is 10.5. The van der Waals surface area contributed by atoms with Crippen molar-refractivity contribution in [2.45, 2.75) is 33.2 Å². The third kappa shape index (κ3) is 1.72. The van der Waals surface area contributed by atoms with Crippen molar-refractivity contribution >= 4 is 27.5 Å². The molecule has 0 spiro atoms. The minimum Gasteiger partial charge on any atom is -0.267 e. The van der Waals surface area contributed by atoms with Crippen LogP contribution in [0.25, 0.3) is 0 Å². The molecule has 1 heterocycles. The van der Waals surface area contributed by atoms with Gasteiger partial charge in [0.25, 0.3) is 0 Å². The van der Waals surface area contributed by atoms with Gasteiger partial charge in [0.15, 0.2) is 0 Å². The summed E-state index contributed by atoms with van der Waals surface area (Å²) >= 11 is 9.66. The van der Waals surface area contributed by atoms with Crippen molar-refractivity contribution in [1.29, 1.82) is 0 Å². The summed E-state index contributed by atoms with van der Waals surface area (Å²) in [7, 11) is 0. The molecule has 1 aliphatic carbocycles. The second-order valence-corrected chi connectivity index (χ2v) is 5.21. The monoisotopic (exact) mass is 276 g/mol. The Labute approximate surface area is 97.8 Å². The zero-order chi connectivity index (χ0) is 10.3. The highest BCUT2D eigenvalue weighted by Gasteiger charge is 2.42. The van der Waals surface area contributed by atoms with E-state index in [4.69, 9.17) is 11.6 Å². The van der Waals surface area contributed by atoms with Gasteiger partial charge in [0.2, 0.25) is 0 Å². The summed E-state index contributed by atoms with van der Waals surface area (Å²) in [5.41, 5.74) is 2.48. The molecule has 1 aromatic rings. The van der Waals surface area contributed by atoms with Gasteiger partial charge in [0.1, 0.15) is 0 Å². The molecule has 14 heavy (non-hydrogen) atoms. The molecule has 0 unspecified atom stereocenters. The van der Waals surface area contributed by atoms with Crippen molar-refractivity contribution < 1.29 is 0 Å². The molecule has 0 saturated heterocycles. The molecule has 78 valence electrons. The molecule has 0 N–H and O–H groups in total. The fourth-order valence-corrected chi connectivity index (χ4v) is 2.53. The predicted molar refractivity (Wildman–Crippen MR) is 62.2 cm³/mol. The largest absolute Gasteiger partial charge is 0.267 e. The molecule has 1 aromatic heterocycles. The number of hydrogen-bond acceptors (Lipinski definition) is 1. The first-order chi connectivity index (χ1) is 6.58. The number of halogens is 2. The van der Waals surface area contributed by atoms with E-state index in [0.717, 1.165) is 28.3 Å². The number of alkyl halides is 1. The van der Waals surface area contributed by atoms with E-state index in [2.05, 4.69) is 21.0 Å². The van der Waals surface area contributed by atoms with Crippen molar-refractivity contribution in [1.82, 2.24) is 9.78 Å². The normalized spacial score (nSPS) is 18.6. The van der Waals surface area contributed by atoms with Crippen molar-refractivity contribution in [3.8, 4) is 0 Å². The molecule has 0 aliphatic heterocycles. The summed E-state index contributed by atoms with van der Waals surface area (Å²) in [5.74, 6) is 0. The Morgan fingerprint density at radius 3 is 2.50 bits per heavy atom.